The molecule has 0 aromatic heterocycles. The quantitative estimate of drug-likeness (QED) is 0.779. The van der Waals surface area contributed by atoms with E-state index in [0.29, 0.717) is 6.42 Å². The first-order valence-corrected chi connectivity index (χ1v) is 8.69. The first-order chi connectivity index (χ1) is 11.9. The van der Waals surface area contributed by atoms with Crippen LogP contribution in [-0.2, 0) is 10.2 Å². The normalized spacial score (nSPS) is 19.5. The van der Waals surface area contributed by atoms with Crippen molar-refractivity contribution in [2.45, 2.75) is 44.9 Å². The molecule has 1 fully saturated rings. The second kappa shape index (κ2) is 6.43. The smallest absolute Gasteiger partial charge is 0.307 e. The van der Waals surface area contributed by atoms with Crippen LogP contribution in [0.1, 0.15) is 47.9 Å². The van der Waals surface area contributed by atoms with Crippen LogP contribution in [0.4, 0.5) is 0 Å². The summed E-state index contributed by atoms with van der Waals surface area (Å²) in [6, 6.07) is 10.4. The first-order valence-electron chi connectivity index (χ1n) is 8.69. The predicted molar refractivity (Wildman–Crippen MR) is 96.1 cm³/mol. The zero-order valence-electron chi connectivity index (χ0n) is 14.6. The predicted octanol–water partition coefficient (Wildman–Crippen LogP) is 4.28. The van der Waals surface area contributed by atoms with Crippen molar-refractivity contribution in [2.24, 2.45) is 5.92 Å². The number of carbonyl (C=O) groups is 1. The third kappa shape index (κ3) is 2.86. The second-order valence-corrected chi connectivity index (χ2v) is 7.11. The lowest BCUT2D eigenvalue weighted by Gasteiger charge is -2.45. The molecule has 4 heteroatoms. The molecule has 3 N–H and O–H groups in total. The zero-order valence-corrected chi connectivity index (χ0v) is 14.6. The third-order valence-corrected chi connectivity index (χ3v) is 5.59. The lowest BCUT2D eigenvalue weighted by molar-refractivity contribution is -0.145. The van der Waals surface area contributed by atoms with Crippen LogP contribution in [0.25, 0.3) is 0 Å². The van der Waals surface area contributed by atoms with Crippen molar-refractivity contribution in [2.75, 3.05) is 0 Å². The summed E-state index contributed by atoms with van der Waals surface area (Å²) in [4.78, 5) is 12.2. The number of phenols is 2. The molecule has 0 spiro atoms. The molecule has 1 atom stereocenters. The molecule has 0 heterocycles. The van der Waals surface area contributed by atoms with Gasteiger partial charge >= 0.3 is 5.97 Å². The van der Waals surface area contributed by atoms with E-state index in [0.717, 1.165) is 41.5 Å². The van der Waals surface area contributed by atoms with Crippen LogP contribution in [0.15, 0.2) is 36.4 Å². The number of carboxylic acids is 1. The highest BCUT2D eigenvalue weighted by atomic mass is 16.4. The summed E-state index contributed by atoms with van der Waals surface area (Å²) in [6.07, 6.45) is 3.20. The van der Waals surface area contributed by atoms with E-state index in [-0.39, 0.29) is 11.5 Å². The van der Waals surface area contributed by atoms with Crippen LogP contribution in [0, 0.1) is 19.8 Å². The molecule has 132 valence electrons. The van der Waals surface area contributed by atoms with Gasteiger partial charge < -0.3 is 15.3 Å². The van der Waals surface area contributed by atoms with Gasteiger partial charge in [0.25, 0.3) is 0 Å². The van der Waals surface area contributed by atoms with E-state index in [1.165, 1.54) is 0 Å². The van der Waals surface area contributed by atoms with Crippen molar-refractivity contribution < 1.29 is 20.1 Å². The number of carboxylic acid groups (broad SMARTS) is 1. The Hall–Kier alpha value is -2.49. The summed E-state index contributed by atoms with van der Waals surface area (Å²) in [5.74, 6) is -0.963. The summed E-state index contributed by atoms with van der Waals surface area (Å²) >= 11 is 0. The summed E-state index contributed by atoms with van der Waals surface area (Å²) in [6.45, 7) is 3.83. The highest BCUT2D eigenvalue weighted by Gasteiger charge is 2.48. The van der Waals surface area contributed by atoms with Crippen LogP contribution >= 0.6 is 0 Å². The average Bonchev–Trinajstić information content (AvgIpc) is 2.54. The van der Waals surface area contributed by atoms with E-state index < -0.39 is 17.3 Å². The molecule has 1 aliphatic carbocycles. The van der Waals surface area contributed by atoms with E-state index in [1.807, 2.05) is 26.0 Å². The molecule has 4 nitrogen and oxygen atoms in total. The molecule has 2 aromatic carbocycles. The Balaban J connectivity index is 2.32. The van der Waals surface area contributed by atoms with Crippen molar-refractivity contribution in [1.29, 1.82) is 0 Å². The largest absolute Gasteiger partial charge is 0.508 e. The van der Waals surface area contributed by atoms with Gasteiger partial charge in [-0.05, 0) is 73.2 Å². The maximum atomic E-state index is 12.2. The Kier molecular flexibility index (Phi) is 4.46. The Morgan fingerprint density at radius 3 is 1.92 bits per heavy atom. The van der Waals surface area contributed by atoms with Gasteiger partial charge in [-0.25, -0.2) is 0 Å². The van der Waals surface area contributed by atoms with E-state index in [2.05, 4.69) is 0 Å². The maximum Gasteiger partial charge on any atom is 0.307 e. The van der Waals surface area contributed by atoms with Gasteiger partial charge in [-0.3, -0.25) is 4.79 Å². The Bertz CT molecular complexity index is 758. The molecule has 25 heavy (non-hydrogen) atoms. The molecule has 3 rings (SSSR count). The SMILES string of the molecule is Cc1cc(O)ccc1C1(c2ccc(O)cc2C)CCCCC1C(=O)O. The monoisotopic (exact) mass is 340 g/mol. The molecule has 1 unspecified atom stereocenters. The minimum atomic E-state index is -0.792. The third-order valence-electron chi connectivity index (χ3n) is 5.59. The number of hydrogen-bond acceptors (Lipinski definition) is 3. The summed E-state index contributed by atoms with van der Waals surface area (Å²) < 4.78 is 0. The van der Waals surface area contributed by atoms with Gasteiger partial charge in [0.2, 0.25) is 0 Å². The summed E-state index contributed by atoms with van der Waals surface area (Å²) in [5, 5.41) is 29.6. The van der Waals surface area contributed by atoms with Gasteiger partial charge in [0.1, 0.15) is 11.5 Å². The van der Waals surface area contributed by atoms with Gasteiger partial charge in [-0.15, -0.1) is 0 Å². The number of aryl methyl sites for hydroxylation is 2. The van der Waals surface area contributed by atoms with Crippen LogP contribution in [0.2, 0.25) is 0 Å². The average molecular weight is 340 g/mol. The number of phenolic OH excluding ortho intramolecular Hbond substituents is 2. The minimum absolute atomic E-state index is 0.182. The molecule has 1 aliphatic rings. The molecule has 0 saturated heterocycles. The van der Waals surface area contributed by atoms with E-state index in [4.69, 9.17) is 0 Å². The topological polar surface area (TPSA) is 77.8 Å². The van der Waals surface area contributed by atoms with Crippen molar-refractivity contribution >= 4 is 5.97 Å². The standard InChI is InChI=1S/C21H24O4/c1-13-11-15(22)6-8-17(13)21(10-4-3-5-19(21)20(24)25)18-9-7-16(23)12-14(18)2/h6-9,11-12,19,22-23H,3-5,10H2,1-2H3,(H,24,25). The molecule has 0 bridgehead atoms. The number of rotatable bonds is 3. The fraction of sp³-hybridized carbons (Fsp3) is 0.381. The number of hydrogen-bond donors (Lipinski definition) is 3. The lowest BCUT2D eigenvalue weighted by atomic mass is 9.57. The molecule has 0 amide bonds. The van der Waals surface area contributed by atoms with E-state index in [9.17, 15) is 20.1 Å². The molecule has 0 aliphatic heterocycles. The Labute approximate surface area is 147 Å². The van der Waals surface area contributed by atoms with E-state index in [1.54, 1.807) is 24.3 Å². The second-order valence-electron chi connectivity index (χ2n) is 7.11. The van der Waals surface area contributed by atoms with Crippen LogP contribution < -0.4 is 0 Å². The Morgan fingerprint density at radius 1 is 0.960 bits per heavy atom. The summed E-state index contributed by atoms with van der Waals surface area (Å²) in [7, 11) is 0. The van der Waals surface area contributed by atoms with Crippen LogP contribution in [-0.4, -0.2) is 21.3 Å². The van der Waals surface area contributed by atoms with Crippen molar-refractivity contribution in [3.63, 3.8) is 0 Å². The number of aliphatic carboxylic acids is 1. The lowest BCUT2D eigenvalue weighted by Crippen LogP contribution is -2.44. The van der Waals surface area contributed by atoms with Gasteiger partial charge in [-0.2, -0.15) is 0 Å². The van der Waals surface area contributed by atoms with Gasteiger partial charge in [0.05, 0.1) is 5.92 Å². The zero-order chi connectivity index (χ0) is 18.2. The summed E-state index contributed by atoms with van der Waals surface area (Å²) in [5.41, 5.74) is 3.03. The van der Waals surface area contributed by atoms with Crippen molar-refractivity contribution in [3.8, 4) is 11.5 Å². The van der Waals surface area contributed by atoms with Crippen LogP contribution in [0.3, 0.4) is 0 Å². The van der Waals surface area contributed by atoms with Gasteiger partial charge in [-0.1, -0.05) is 25.0 Å². The molecule has 1 saturated carbocycles. The maximum absolute atomic E-state index is 12.2. The molecular weight excluding hydrogens is 316 g/mol. The van der Waals surface area contributed by atoms with E-state index >= 15 is 0 Å². The van der Waals surface area contributed by atoms with Gasteiger partial charge in [0.15, 0.2) is 0 Å². The van der Waals surface area contributed by atoms with Gasteiger partial charge in [0, 0.05) is 5.41 Å². The highest BCUT2D eigenvalue weighted by Crippen LogP contribution is 2.51. The molecule has 2 aromatic rings. The van der Waals surface area contributed by atoms with Crippen molar-refractivity contribution in [1.82, 2.24) is 0 Å². The highest BCUT2D eigenvalue weighted by molar-refractivity contribution is 5.75. The fourth-order valence-electron chi connectivity index (χ4n) is 4.59. The van der Waals surface area contributed by atoms with Crippen LogP contribution in [0.5, 0.6) is 11.5 Å². The molecule has 0 radical (unpaired) electrons. The fourth-order valence-corrected chi connectivity index (χ4v) is 4.59. The van der Waals surface area contributed by atoms with Crippen molar-refractivity contribution in [3.05, 3.63) is 58.7 Å². The minimum Gasteiger partial charge on any atom is -0.508 e. The molecular formula is C21H24O4. The number of benzene rings is 2. The Morgan fingerprint density at radius 2 is 1.48 bits per heavy atom. The number of aromatic hydroxyl groups is 2. The first kappa shape index (κ1) is 17.3.